The number of hydrogen-bond donors (Lipinski definition) is 1. The molecule has 0 spiro atoms. The van der Waals surface area contributed by atoms with Gasteiger partial charge in [-0.3, -0.25) is 9.59 Å². The Kier molecular flexibility index (Phi) is 7.76. The van der Waals surface area contributed by atoms with E-state index in [1.807, 2.05) is 6.07 Å². The van der Waals surface area contributed by atoms with Gasteiger partial charge in [0.1, 0.15) is 5.70 Å². The highest BCUT2D eigenvalue weighted by molar-refractivity contribution is 6.05. The molecule has 0 aromatic heterocycles. The molecule has 1 unspecified atom stereocenters. The van der Waals surface area contributed by atoms with Gasteiger partial charge in [0, 0.05) is 18.7 Å². The van der Waals surface area contributed by atoms with Crippen molar-refractivity contribution in [3.8, 4) is 17.2 Å². The molecule has 1 fully saturated rings. The summed E-state index contributed by atoms with van der Waals surface area (Å²) in [7, 11) is 4.59. The largest absolute Gasteiger partial charge is 0.493 e. The summed E-state index contributed by atoms with van der Waals surface area (Å²) in [5, 5.41) is 2.82. The van der Waals surface area contributed by atoms with E-state index in [-0.39, 0.29) is 17.5 Å². The van der Waals surface area contributed by atoms with E-state index < -0.39 is 0 Å². The number of nitrogens with one attached hydrogen (secondary N) is 1. The van der Waals surface area contributed by atoms with E-state index >= 15 is 0 Å². The standard InChI is InChI=1S/C25H30N2O5/c1-17-9-8-12-27(16-17)25(29)20(26-24(28)19-10-6-5-7-11-19)13-18-14-21(30-2)23(32-4)22(15-18)31-3/h5-7,10-11,13-15,17H,8-9,12,16H2,1-4H3,(H,26,28)/b20-13-. The van der Waals surface area contributed by atoms with Crippen LogP contribution in [-0.4, -0.2) is 51.1 Å². The molecule has 2 aromatic carbocycles. The van der Waals surface area contributed by atoms with E-state index in [0.717, 1.165) is 12.8 Å². The molecular formula is C25H30N2O5. The van der Waals surface area contributed by atoms with Crippen molar-refractivity contribution >= 4 is 17.9 Å². The lowest BCUT2D eigenvalue weighted by atomic mass is 10.00. The van der Waals surface area contributed by atoms with Gasteiger partial charge in [-0.2, -0.15) is 0 Å². The third kappa shape index (κ3) is 5.41. The molecule has 0 aliphatic carbocycles. The monoisotopic (exact) mass is 438 g/mol. The van der Waals surface area contributed by atoms with Crippen LogP contribution in [0.2, 0.25) is 0 Å². The van der Waals surface area contributed by atoms with E-state index in [1.54, 1.807) is 47.4 Å². The van der Waals surface area contributed by atoms with E-state index in [9.17, 15) is 9.59 Å². The van der Waals surface area contributed by atoms with Gasteiger partial charge in [-0.1, -0.05) is 25.1 Å². The Bertz CT molecular complexity index is 962. The number of piperidine rings is 1. The molecule has 1 N–H and O–H groups in total. The summed E-state index contributed by atoms with van der Waals surface area (Å²) < 4.78 is 16.2. The first-order valence-corrected chi connectivity index (χ1v) is 10.6. The Hall–Kier alpha value is -3.48. The van der Waals surface area contributed by atoms with Crippen molar-refractivity contribution in [3.63, 3.8) is 0 Å². The van der Waals surface area contributed by atoms with E-state index in [0.29, 0.717) is 47.4 Å². The Morgan fingerprint density at radius 2 is 1.69 bits per heavy atom. The minimum Gasteiger partial charge on any atom is -0.493 e. The van der Waals surface area contributed by atoms with Crippen LogP contribution in [0.4, 0.5) is 0 Å². The Balaban J connectivity index is 2.00. The zero-order valence-electron chi connectivity index (χ0n) is 19.0. The summed E-state index contributed by atoms with van der Waals surface area (Å²) in [6.07, 6.45) is 3.68. The SMILES string of the molecule is COc1cc(/C=C(\NC(=O)c2ccccc2)C(=O)N2CCCC(C)C2)cc(OC)c1OC. The van der Waals surface area contributed by atoms with Crippen molar-refractivity contribution in [1.29, 1.82) is 0 Å². The molecule has 2 amide bonds. The maximum Gasteiger partial charge on any atom is 0.270 e. The van der Waals surface area contributed by atoms with Crippen LogP contribution in [0.1, 0.15) is 35.7 Å². The molecule has 2 aromatic rings. The number of carbonyl (C=O) groups excluding carboxylic acids is 2. The van der Waals surface area contributed by atoms with Crippen LogP contribution in [0.3, 0.4) is 0 Å². The molecule has 0 saturated carbocycles. The minimum atomic E-state index is -0.345. The average Bonchev–Trinajstić information content (AvgIpc) is 2.82. The molecule has 1 aliphatic heterocycles. The van der Waals surface area contributed by atoms with E-state index in [4.69, 9.17) is 14.2 Å². The third-order valence-corrected chi connectivity index (χ3v) is 5.46. The topological polar surface area (TPSA) is 77.1 Å². The molecule has 0 radical (unpaired) electrons. The van der Waals surface area contributed by atoms with Gasteiger partial charge in [0.2, 0.25) is 5.75 Å². The molecule has 7 nitrogen and oxygen atoms in total. The van der Waals surface area contributed by atoms with Crippen LogP contribution >= 0.6 is 0 Å². The lowest BCUT2D eigenvalue weighted by molar-refractivity contribution is -0.129. The van der Waals surface area contributed by atoms with Crippen LogP contribution in [0.15, 0.2) is 48.2 Å². The average molecular weight is 439 g/mol. The van der Waals surface area contributed by atoms with E-state index in [1.165, 1.54) is 21.3 Å². The van der Waals surface area contributed by atoms with Gasteiger partial charge in [-0.25, -0.2) is 0 Å². The Labute approximate surface area is 189 Å². The molecule has 1 atom stereocenters. The van der Waals surface area contributed by atoms with Gasteiger partial charge in [-0.05, 0) is 54.7 Å². The van der Waals surface area contributed by atoms with Crippen molar-refractivity contribution in [2.45, 2.75) is 19.8 Å². The second-order valence-electron chi connectivity index (χ2n) is 7.84. The van der Waals surface area contributed by atoms with Gasteiger partial charge in [-0.15, -0.1) is 0 Å². The van der Waals surface area contributed by atoms with Crippen LogP contribution in [0.5, 0.6) is 17.2 Å². The maximum atomic E-state index is 13.4. The van der Waals surface area contributed by atoms with Crippen LogP contribution in [0, 0.1) is 5.92 Å². The van der Waals surface area contributed by atoms with Crippen LogP contribution in [-0.2, 0) is 4.79 Å². The fourth-order valence-corrected chi connectivity index (χ4v) is 3.83. The number of methoxy groups -OCH3 is 3. The molecule has 7 heteroatoms. The summed E-state index contributed by atoms with van der Waals surface area (Å²) in [4.78, 5) is 28.0. The quantitative estimate of drug-likeness (QED) is 0.667. The second-order valence-corrected chi connectivity index (χ2v) is 7.84. The molecule has 1 heterocycles. The molecule has 1 aliphatic rings. The lowest BCUT2D eigenvalue weighted by Crippen LogP contribution is -2.43. The third-order valence-electron chi connectivity index (χ3n) is 5.46. The predicted octanol–water partition coefficient (Wildman–Crippen LogP) is 3.74. The smallest absolute Gasteiger partial charge is 0.270 e. The molecule has 32 heavy (non-hydrogen) atoms. The number of ether oxygens (including phenoxy) is 3. The molecule has 1 saturated heterocycles. The van der Waals surface area contributed by atoms with Crippen molar-refractivity contribution < 1.29 is 23.8 Å². The van der Waals surface area contributed by atoms with Crippen molar-refractivity contribution in [2.75, 3.05) is 34.4 Å². The normalized spacial score (nSPS) is 16.3. The van der Waals surface area contributed by atoms with Crippen LogP contribution < -0.4 is 19.5 Å². The number of likely N-dealkylation sites (tertiary alicyclic amines) is 1. The molecule has 3 rings (SSSR count). The number of amides is 2. The van der Waals surface area contributed by atoms with Crippen LogP contribution in [0.25, 0.3) is 6.08 Å². The number of rotatable bonds is 7. The molecule has 0 bridgehead atoms. The fraction of sp³-hybridized carbons (Fsp3) is 0.360. The van der Waals surface area contributed by atoms with Crippen molar-refractivity contribution in [1.82, 2.24) is 10.2 Å². The summed E-state index contributed by atoms with van der Waals surface area (Å²) >= 11 is 0. The first-order valence-electron chi connectivity index (χ1n) is 10.6. The number of nitrogens with zero attached hydrogens (tertiary/aromatic N) is 1. The minimum absolute atomic E-state index is 0.197. The number of benzene rings is 2. The van der Waals surface area contributed by atoms with E-state index in [2.05, 4.69) is 12.2 Å². The van der Waals surface area contributed by atoms with Gasteiger partial charge in [0.15, 0.2) is 11.5 Å². The predicted molar refractivity (Wildman–Crippen MR) is 123 cm³/mol. The van der Waals surface area contributed by atoms with Gasteiger partial charge >= 0.3 is 0 Å². The fourth-order valence-electron chi connectivity index (χ4n) is 3.83. The second kappa shape index (κ2) is 10.7. The Morgan fingerprint density at radius 3 is 2.25 bits per heavy atom. The van der Waals surface area contributed by atoms with Crippen molar-refractivity contribution in [2.24, 2.45) is 5.92 Å². The zero-order chi connectivity index (χ0) is 23.1. The lowest BCUT2D eigenvalue weighted by Gasteiger charge is -2.31. The first kappa shape index (κ1) is 23.2. The summed E-state index contributed by atoms with van der Waals surface area (Å²) in [6.45, 7) is 3.45. The molecule has 170 valence electrons. The Morgan fingerprint density at radius 1 is 1.03 bits per heavy atom. The highest BCUT2D eigenvalue weighted by atomic mass is 16.5. The van der Waals surface area contributed by atoms with Crippen molar-refractivity contribution in [3.05, 3.63) is 59.3 Å². The highest BCUT2D eigenvalue weighted by Crippen LogP contribution is 2.38. The summed E-state index contributed by atoms with van der Waals surface area (Å²) in [5.74, 6) is 1.24. The molecular weight excluding hydrogens is 408 g/mol. The maximum absolute atomic E-state index is 13.4. The highest BCUT2D eigenvalue weighted by Gasteiger charge is 2.25. The first-order chi connectivity index (χ1) is 15.5. The summed E-state index contributed by atoms with van der Waals surface area (Å²) in [6, 6.07) is 12.3. The van der Waals surface area contributed by atoms with Gasteiger partial charge in [0.25, 0.3) is 11.8 Å². The van der Waals surface area contributed by atoms with Gasteiger partial charge < -0.3 is 24.4 Å². The summed E-state index contributed by atoms with van der Waals surface area (Å²) in [5.41, 5.74) is 1.31. The number of carbonyl (C=O) groups is 2. The number of hydrogen-bond acceptors (Lipinski definition) is 5. The van der Waals surface area contributed by atoms with Gasteiger partial charge in [0.05, 0.1) is 21.3 Å². The zero-order valence-corrected chi connectivity index (χ0v) is 19.0.